The first kappa shape index (κ1) is 14.2. The van der Waals surface area contributed by atoms with Gasteiger partial charge in [-0.15, -0.1) is 0 Å². The predicted octanol–water partition coefficient (Wildman–Crippen LogP) is 4.37. The molecule has 21 heavy (non-hydrogen) atoms. The molecule has 0 bridgehead atoms. The highest BCUT2D eigenvalue weighted by Crippen LogP contribution is 2.34. The van der Waals surface area contributed by atoms with Crippen molar-refractivity contribution in [1.82, 2.24) is 9.97 Å². The number of hydrogen-bond acceptors (Lipinski definition) is 3. The van der Waals surface area contributed by atoms with Gasteiger partial charge >= 0.3 is 0 Å². The summed E-state index contributed by atoms with van der Waals surface area (Å²) < 4.78 is 5.76. The fourth-order valence-electron chi connectivity index (χ4n) is 3.09. The van der Waals surface area contributed by atoms with Gasteiger partial charge in [-0.2, -0.15) is 0 Å². The zero-order valence-corrected chi connectivity index (χ0v) is 12.8. The molecule has 1 aliphatic rings. The lowest BCUT2D eigenvalue weighted by molar-refractivity contribution is 0.311. The molecule has 1 fully saturated rings. The average molecular weight is 287 g/mol. The van der Waals surface area contributed by atoms with Crippen molar-refractivity contribution in [3.63, 3.8) is 0 Å². The van der Waals surface area contributed by atoms with E-state index in [4.69, 9.17) is 15.5 Å². The normalized spacial score (nSPS) is 16.4. The predicted molar refractivity (Wildman–Crippen MR) is 86.7 cm³/mol. The summed E-state index contributed by atoms with van der Waals surface area (Å²) in [7, 11) is 0. The molecule has 0 aliphatic heterocycles. The Labute approximate surface area is 126 Å². The quantitative estimate of drug-likeness (QED) is 0.634. The molecule has 0 unspecified atom stereocenters. The topological polar surface area (TPSA) is 63.9 Å². The van der Waals surface area contributed by atoms with Crippen LogP contribution < -0.4 is 10.5 Å². The molecule has 1 aromatic heterocycles. The molecule has 0 saturated heterocycles. The lowest BCUT2D eigenvalue weighted by Gasteiger charge is -2.18. The second-order valence-electron chi connectivity index (χ2n) is 6.07. The van der Waals surface area contributed by atoms with Crippen LogP contribution in [-0.4, -0.2) is 16.6 Å². The summed E-state index contributed by atoms with van der Waals surface area (Å²) in [6, 6.07) is 3.93. The summed E-state index contributed by atoms with van der Waals surface area (Å²) in [5.74, 6) is 2.46. The van der Waals surface area contributed by atoms with Gasteiger partial charge in [-0.25, -0.2) is 4.98 Å². The van der Waals surface area contributed by atoms with E-state index in [1.54, 1.807) is 0 Å². The van der Waals surface area contributed by atoms with Gasteiger partial charge in [0, 0.05) is 12.0 Å². The Morgan fingerprint density at radius 1 is 1.29 bits per heavy atom. The average Bonchev–Trinajstić information content (AvgIpc) is 2.91. The minimum atomic E-state index is 0.580. The van der Waals surface area contributed by atoms with Crippen LogP contribution in [0.25, 0.3) is 11.0 Å². The number of imidazole rings is 1. The van der Waals surface area contributed by atoms with Gasteiger partial charge in [-0.05, 0) is 25.3 Å². The number of benzene rings is 1. The molecular formula is C17H25N3O. The van der Waals surface area contributed by atoms with Crippen molar-refractivity contribution in [2.24, 2.45) is 0 Å². The van der Waals surface area contributed by atoms with Crippen LogP contribution in [0.5, 0.6) is 5.75 Å². The Morgan fingerprint density at radius 3 is 2.86 bits per heavy atom. The molecule has 1 saturated carbocycles. The van der Waals surface area contributed by atoms with Gasteiger partial charge in [-0.1, -0.05) is 32.6 Å². The molecule has 0 spiro atoms. The van der Waals surface area contributed by atoms with E-state index < -0.39 is 0 Å². The highest BCUT2D eigenvalue weighted by Gasteiger charge is 2.19. The molecule has 0 radical (unpaired) electrons. The molecular weight excluding hydrogens is 262 g/mol. The van der Waals surface area contributed by atoms with Crippen LogP contribution in [0.1, 0.15) is 63.6 Å². The number of rotatable bonds is 5. The summed E-state index contributed by atoms with van der Waals surface area (Å²) in [4.78, 5) is 8.23. The molecule has 1 heterocycles. The number of aromatic nitrogens is 2. The Bertz CT molecular complexity index is 599. The van der Waals surface area contributed by atoms with E-state index in [2.05, 4.69) is 11.9 Å². The zero-order valence-electron chi connectivity index (χ0n) is 12.8. The molecule has 4 heteroatoms. The van der Waals surface area contributed by atoms with Gasteiger partial charge in [0.1, 0.15) is 11.6 Å². The largest absolute Gasteiger partial charge is 0.491 e. The number of nitrogen functional groups attached to an aromatic ring is 1. The molecule has 3 N–H and O–H groups in total. The lowest BCUT2D eigenvalue weighted by Crippen LogP contribution is -2.05. The van der Waals surface area contributed by atoms with Crippen molar-refractivity contribution in [2.75, 3.05) is 12.3 Å². The van der Waals surface area contributed by atoms with E-state index in [0.717, 1.165) is 35.4 Å². The highest BCUT2D eigenvalue weighted by molar-refractivity contribution is 5.82. The second-order valence-corrected chi connectivity index (χ2v) is 6.07. The molecule has 114 valence electrons. The molecule has 4 nitrogen and oxygen atoms in total. The smallest absolute Gasteiger partial charge is 0.144 e. The van der Waals surface area contributed by atoms with Crippen molar-refractivity contribution in [1.29, 1.82) is 0 Å². The summed E-state index contributed by atoms with van der Waals surface area (Å²) in [5.41, 5.74) is 8.77. The third-order valence-electron chi connectivity index (χ3n) is 4.38. The van der Waals surface area contributed by atoms with Gasteiger partial charge in [0.05, 0.1) is 23.3 Å². The van der Waals surface area contributed by atoms with E-state index in [0.29, 0.717) is 18.2 Å². The molecule has 1 aromatic carbocycles. The number of nitrogens with two attached hydrogens (primary N) is 1. The Balaban J connectivity index is 1.83. The third-order valence-corrected chi connectivity index (χ3v) is 4.38. The SMILES string of the molecule is CCCCOc1cc2nc(C3CCCCC3)[nH]c2cc1N. The van der Waals surface area contributed by atoms with E-state index in [1.807, 2.05) is 12.1 Å². The summed E-state index contributed by atoms with van der Waals surface area (Å²) in [5, 5.41) is 0. The van der Waals surface area contributed by atoms with Crippen LogP contribution in [0.2, 0.25) is 0 Å². The fraction of sp³-hybridized carbons (Fsp3) is 0.588. The summed E-state index contributed by atoms with van der Waals surface area (Å²) in [6.45, 7) is 2.87. The van der Waals surface area contributed by atoms with E-state index in [9.17, 15) is 0 Å². The number of nitrogens with zero attached hydrogens (tertiary/aromatic N) is 1. The van der Waals surface area contributed by atoms with E-state index in [-0.39, 0.29) is 0 Å². The van der Waals surface area contributed by atoms with Crippen LogP contribution in [0.15, 0.2) is 12.1 Å². The first-order valence-corrected chi connectivity index (χ1v) is 8.20. The number of hydrogen-bond donors (Lipinski definition) is 2. The van der Waals surface area contributed by atoms with Crippen molar-refractivity contribution in [3.05, 3.63) is 18.0 Å². The number of aromatic amines is 1. The number of ether oxygens (including phenoxy) is 1. The Hall–Kier alpha value is -1.71. The van der Waals surface area contributed by atoms with E-state index >= 15 is 0 Å². The zero-order chi connectivity index (χ0) is 14.7. The minimum absolute atomic E-state index is 0.580. The Kier molecular flexibility index (Phi) is 4.32. The van der Waals surface area contributed by atoms with Crippen molar-refractivity contribution in [3.8, 4) is 5.75 Å². The fourth-order valence-corrected chi connectivity index (χ4v) is 3.09. The monoisotopic (exact) mass is 287 g/mol. The number of fused-ring (bicyclic) bond motifs is 1. The van der Waals surface area contributed by atoms with Gasteiger partial charge in [0.25, 0.3) is 0 Å². The molecule has 0 atom stereocenters. The van der Waals surface area contributed by atoms with E-state index in [1.165, 1.54) is 32.1 Å². The Morgan fingerprint density at radius 2 is 2.10 bits per heavy atom. The third kappa shape index (κ3) is 3.14. The van der Waals surface area contributed by atoms with Crippen LogP contribution in [0.3, 0.4) is 0 Å². The first-order chi connectivity index (χ1) is 10.3. The maximum atomic E-state index is 6.08. The number of unbranched alkanes of at least 4 members (excludes halogenated alkanes) is 1. The van der Waals surface area contributed by atoms with Crippen LogP contribution in [-0.2, 0) is 0 Å². The second kappa shape index (κ2) is 6.37. The maximum absolute atomic E-state index is 6.08. The molecule has 0 amide bonds. The summed E-state index contributed by atoms with van der Waals surface area (Å²) >= 11 is 0. The van der Waals surface area contributed by atoms with Crippen molar-refractivity contribution < 1.29 is 4.74 Å². The molecule has 2 aromatic rings. The first-order valence-electron chi connectivity index (χ1n) is 8.20. The van der Waals surface area contributed by atoms with Crippen molar-refractivity contribution >= 4 is 16.7 Å². The molecule has 3 rings (SSSR count). The summed E-state index contributed by atoms with van der Waals surface area (Å²) in [6.07, 6.45) is 8.65. The van der Waals surface area contributed by atoms with Gasteiger partial charge in [0.2, 0.25) is 0 Å². The van der Waals surface area contributed by atoms with Gasteiger partial charge in [0.15, 0.2) is 0 Å². The molecule has 1 aliphatic carbocycles. The van der Waals surface area contributed by atoms with Gasteiger partial charge in [-0.3, -0.25) is 0 Å². The standard InChI is InChI=1S/C17H25N3O/c1-2-3-9-21-16-11-15-14(10-13(16)18)19-17(20-15)12-7-5-4-6-8-12/h10-12H,2-9,18H2,1H3,(H,19,20). The van der Waals surface area contributed by atoms with Gasteiger partial charge < -0.3 is 15.5 Å². The number of nitrogens with one attached hydrogen (secondary N) is 1. The number of anilines is 1. The maximum Gasteiger partial charge on any atom is 0.144 e. The minimum Gasteiger partial charge on any atom is -0.491 e. The number of H-pyrrole nitrogens is 1. The van der Waals surface area contributed by atoms with Crippen LogP contribution in [0.4, 0.5) is 5.69 Å². The van der Waals surface area contributed by atoms with Crippen LogP contribution in [0, 0.1) is 0 Å². The lowest BCUT2D eigenvalue weighted by atomic mass is 9.89. The van der Waals surface area contributed by atoms with Crippen molar-refractivity contribution in [2.45, 2.75) is 57.8 Å². The highest BCUT2D eigenvalue weighted by atomic mass is 16.5. The van der Waals surface area contributed by atoms with Crippen LogP contribution >= 0.6 is 0 Å².